The lowest BCUT2D eigenvalue weighted by atomic mass is 10.3. The first-order valence-electron chi connectivity index (χ1n) is 3.29. The van der Waals surface area contributed by atoms with Crippen LogP contribution in [0.5, 0.6) is 0 Å². The highest BCUT2D eigenvalue weighted by atomic mass is 35.5. The minimum Gasteiger partial charge on any atom is -0.375 e. The van der Waals surface area contributed by atoms with Crippen molar-refractivity contribution >= 4 is 38.3 Å². The van der Waals surface area contributed by atoms with Gasteiger partial charge in [0.2, 0.25) is 0 Å². The van der Waals surface area contributed by atoms with Gasteiger partial charge in [0, 0.05) is 6.07 Å². The molecule has 0 unspecified atom stereocenters. The van der Waals surface area contributed by atoms with Crippen molar-refractivity contribution in [1.82, 2.24) is 4.98 Å². The molecule has 0 aliphatic heterocycles. The zero-order chi connectivity index (χ0) is 9.59. The summed E-state index contributed by atoms with van der Waals surface area (Å²) in [5.74, 6) is -1.62. The molecule has 2 aromatic rings. The largest absolute Gasteiger partial charge is 0.375 e. The van der Waals surface area contributed by atoms with E-state index in [0.717, 1.165) is 17.4 Å². The molecule has 0 amide bonds. The number of aromatic nitrogens is 1. The van der Waals surface area contributed by atoms with Gasteiger partial charge in [0.25, 0.3) is 0 Å². The van der Waals surface area contributed by atoms with Gasteiger partial charge in [-0.2, -0.15) is 0 Å². The van der Waals surface area contributed by atoms with E-state index in [1.54, 1.807) is 0 Å². The number of halogens is 3. The predicted molar refractivity (Wildman–Crippen MR) is 49.0 cm³/mol. The van der Waals surface area contributed by atoms with Crippen molar-refractivity contribution < 1.29 is 8.78 Å². The van der Waals surface area contributed by atoms with Crippen molar-refractivity contribution in [1.29, 1.82) is 0 Å². The molecule has 6 heteroatoms. The topological polar surface area (TPSA) is 38.9 Å². The van der Waals surface area contributed by atoms with Gasteiger partial charge in [0.15, 0.2) is 10.9 Å². The third-order valence-corrected chi connectivity index (χ3v) is 2.77. The highest BCUT2D eigenvalue weighted by Gasteiger charge is 2.14. The Kier molecular flexibility index (Phi) is 1.85. The second kappa shape index (κ2) is 2.78. The zero-order valence-electron chi connectivity index (χ0n) is 6.14. The first-order chi connectivity index (χ1) is 6.09. The molecule has 2 N–H and O–H groups in total. The van der Waals surface area contributed by atoms with Crippen LogP contribution in [0.1, 0.15) is 0 Å². The number of nitrogens with two attached hydrogens (primary N) is 1. The predicted octanol–water partition coefficient (Wildman–Crippen LogP) is 2.81. The van der Waals surface area contributed by atoms with Crippen LogP contribution in [0, 0.1) is 11.6 Å². The molecule has 2 rings (SSSR count). The maximum atomic E-state index is 13.2. The number of nitrogen functional groups attached to an aromatic ring is 1. The summed E-state index contributed by atoms with van der Waals surface area (Å²) in [6, 6.07) is 1.06. The molecule has 0 atom stereocenters. The Morgan fingerprint density at radius 3 is 2.85 bits per heavy atom. The maximum Gasteiger partial charge on any atom is 0.181 e. The van der Waals surface area contributed by atoms with Gasteiger partial charge in [-0.15, -0.1) is 0 Å². The normalized spacial score (nSPS) is 11.0. The third-order valence-electron chi connectivity index (χ3n) is 1.54. The van der Waals surface area contributed by atoms with E-state index in [4.69, 9.17) is 17.3 Å². The average molecular weight is 221 g/mol. The van der Waals surface area contributed by atoms with Crippen molar-refractivity contribution in [2.45, 2.75) is 0 Å². The van der Waals surface area contributed by atoms with Gasteiger partial charge in [-0.25, -0.2) is 13.8 Å². The standard InChI is InChI=1S/C7H3ClF2N2S/c8-4-2(9)1-3-6(5(4)10)13-7(11)12-3/h1H,(H2,11,12). The van der Waals surface area contributed by atoms with Gasteiger partial charge in [-0.05, 0) is 0 Å². The van der Waals surface area contributed by atoms with Gasteiger partial charge in [-0.3, -0.25) is 0 Å². The maximum absolute atomic E-state index is 13.2. The Bertz CT molecular complexity index is 483. The number of hydrogen-bond acceptors (Lipinski definition) is 3. The Morgan fingerprint density at radius 2 is 2.15 bits per heavy atom. The number of fused-ring (bicyclic) bond motifs is 1. The molecule has 13 heavy (non-hydrogen) atoms. The molecular formula is C7H3ClF2N2S. The second-order valence-corrected chi connectivity index (χ2v) is 3.80. The monoisotopic (exact) mass is 220 g/mol. The molecule has 0 saturated carbocycles. The number of nitrogens with zero attached hydrogens (tertiary/aromatic N) is 1. The number of benzene rings is 1. The minimum absolute atomic E-state index is 0.184. The first-order valence-corrected chi connectivity index (χ1v) is 4.48. The lowest BCUT2D eigenvalue weighted by Gasteiger charge is -1.95. The summed E-state index contributed by atoms with van der Waals surface area (Å²) in [6.45, 7) is 0. The average Bonchev–Trinajstić information content (AvgIpc) is 2.42. The fourth-order valence-electron chi connectivity index (χ4n) is 0.992. The fourth-order valence-corrected chi connectivity index (χ4v) is 1.95. The lowest BCUT2D eigenvalue weighted by molar-refractivity contribution is 0.593. The van der Waals surface area contributed by atoms with E-state index in [1.807, 2.05) is 0 Å². The van der Waals surface area contributed by atoms with Crippen LogP contribution in [0.2, 0.25) is 5.02 Å². The summed E-state index contributed by atoms with van der Waals surface area (Å²) in [5, 5.41) is -0.327. The summed E-state index contributed by atoms with van der Waals surface area (Å²) in [6.07, 6.45) is 0. The smallest absolute Gasteiger partial charge is 0.181 e. The van der Waals surface area contributed by atoms with Crippen molar-refractivity contribution in [3.05, 3.63) is 22.7 Å². The van der Waals surface area contributed by atoms with Crippen molar-refractivity contribution in [3.63, 3.8) is 0 Å². The number of thiazole rings is 1. The molecule has 0 radical (unpaired) electrons. The van der Waals surface area contributed by atoms with Crippen LogP contribution in [0.25, 0.3) is 10.2 Å². The van der Waals surface area contributed by atoms with Gasteiger partial charge < -0.3 is 5.73 Å². The van der Waals surface area contributed by atoms with Gasteiger partial charge >= 0.3 is 0 Å². The molecule has 1 heterocycles. The zero-order valence-corrected chi connectivity index (χ0v) is 7.72. The Balaban J connectivity index is 2.92. The number of rotatable bonds is 0. The summed E-state index contributed by atoms with van der Waals surface area (Å²) in [5.41, 5.74) is 5.53. The van der Waals surface area contributed by atoms with Crippen molar-refractivity contribution in [2.24, 2.45) is 0 Å². The van der Waals surface area contributed by atoms with Crippen LogP contribution in [-0.2, 0) is 0 Å². The molecule has 0 fully saturated rings. The molecule has 0 bridgehead atoms. The summed E-state index contributed by atoms with van der Waals surface area (Å²) < 4.78 is 26.3. The SMILES string of the molecule is Nc1nc2cc(F)c(Cl)c(F)c2s1. The molecule has 1 aromatic heterocycles. The summed E-state index contributed by atoms with van der Waals surface area (Å²) in [7, 11) is 0. The van der Waals surface area contributed by atoms with Crippen LogP contribution in [-0.4, -0.2) is 4.98 Å². The van der Waals surface area contributed by atoms with E-state index in [-0.39, 0.29) is 15.3 Å². The molecule has 0 saturated heterocycles. The second-order valence-electron chi connectivity index (χ2n) is 2.39. The molecular weight excluding hydrogens is 218 g/mol. The van der Waals surface area contributed by atoms with Crippen LogP contribution in [0.3, 0.4) is 0 Å². The third kappa shape index (κ3) is 1.24. The molecule has 1 aromatic carbocycles. The Morgan fingerprint density at radius 1 is 1.46 bits per heavy atom. The van der Waals surface area contributed by atoms with Crippen LogP contribution in [0.15, 0.2) is 6.07 Å². The molecule has 2 nitrogen and oxygen atoms in total. The van der Waals surface area contributed by atoms with Gasteiger partial charge in [0.05, 0.1) is 10.2 Å². The minimum atomic E-state index is -0.822. The van der Waals surface area contributed by atoms with Gasteiger partial charge in [0.1, 0.15) is 10.8 Å². The summed E-state index contributed by atoms with van der Waals surface area (Å²) >= 11 is 6.30. The lowest BCUT2D eigenvalue weighted by Crippen LogP contribution is -1.84. The van der Waals surface area contributed by atoms with Crippen molar-refractivity contribution in [2.75, 3.05) is 5.73 Å². The quantitative estimate of drug-likeness (QED) is 0.694. The van der Waals surface area contributed by atoms with E-state index >= 15 is 0 Å². The molecule has 0 aliphatic rings. The number of hydrogen-bond donors (Lipinski definition) is 1. The van der Waals surface area contributed by atoms with Gasteiger partial charge in [-0.1, -0.05) is 22.9 Å². The van der Waals surface area contributed by atoms with Crippen LogP contribution >= 0.6 is 22.9 Å². The molecule has 0 spiro atoms. The van der Waals surface area contributed by atoms with E-state index in [1.165, 1.54) is 0 Å². The Hall–Kier alpha value is -0.940. The van der Waals surface area contributed by atoms with Crippen molar-refractivity contribution in [3.8, 4) is 0 Å². The molecule has 68 valence electrons. The molecule has 0 aliphatic carbocycles. The van der Waals surface area contributed by atoms with E-state index < -0.39 is 16.7 Å². The fraction of sp³-hybridized carbons (Fsp3) is 0. The van der Waals surface area contributed by atoms with Crippen LogP contribution < -0.4 is 5.73 Å². The number of anilines is 1. The Labute approximate surface area is 80.9 Å². The van der Waals surface area contributed by atoms with E-state index in [9.17, 15) is 8.78 Å². The van der Waals surface area contributed by atoms with E-state index in [2.05, 4.69) is 4.98 Å². The first kappa shape index (κ1) is 8.65. The highest BCUT2D eigenvalue weighted by molar-refractivity contribution is 7.22. The van der Waals surface area contributed by atoms with E-state index in [0.29, 0.717) is 0 Å². The highest BCUT2D eigenvalue weighted by Crippen LogP contribution is 2.32. The van der Waals surface area contributed by atoms with Crippen LogP contribution in [0.4, 0.5) is 13.9 Å². The summed E-state index contributed by atoms with van der Waals surface area (Å²) in [4.78, 5) is 3.73.